The lowest BCUT2D eigenvalue weighted by Gasteiger charge is -2.26. The van der Waals surface area contributed by atoms with Gasteiger partial charge in [0.15, 0.2) is 0 Å². The molecule has 2 atom stereocenters. The lowest BCUT2D eigenvalue weighted by Crippen LogP contribution is -2.35. The number of hydrogen-bond acceptors (Lipinski definition) is 4. The monoisotopic (exact) mass is 284 g/mol. The molecule has 0 radical (unpaired) electrons. The molecule has 2 aliphatic rings. The fourth-order valence-electron chi connectivity index (χ4n) is 3.62. The first-order chi connectivity index (χ1) is 10.2. The lowest BCUT2D eigenvalue weighted by atomic mass is 10.1. The molecular weight excluding hydrogens is 264 g/mol. The molecule has 0 unspecified atom stereocenters. The molecular formula is C16H20N4O. The largest absolute Gasteiger partial charge is 0.387 e. The van der Waals surface area contributed by atoms with Crippen molar-refractivity contribution in [2.75, 3.05) is 7.05 Å². The zero-order chi connectivity index (χ0) is 14.4. The Morgan fingerprint density at radius 3 is 3.05 bits per heavy atom. The Morgan fingerprint density at radius 2 is 2.19 bits per heavy atom. The van der Waals surface area contributed by atoms with Crippen LogP contribution in [0.25, 0.3) is 0 Å². The number of aromatic nitrogens is 3. The highest BCUT2D eigenvalue weighted by atomic mass is 16.3. The Bertz CT molecular complexity index is 666. The predicted octanol–water partition coefficient (Wildman–Crippen LogP) is 1.31. The quantitative estimate of drug-likeness (QED) is 0.923. The van der Waals surface area contributed by atoms with Crippen molar-refractivity contribution < 1.29 is 5.11 Å². The molecule has 0 bridgehead atoms. The van der Waals surface area contributed by atoms with Gasteiger partial charge in [-0.15, -0.1) is 10.2 Å². The van der Waals surface area contributed by atoms with E-state index < -0.39 is 6.10 Å². The molecule has 2 heterocycles. The van der Waals surface area contributed by atoms with Gasteiger partial charge in [-0.2, -0.15) is 0 Å². The average molecular weight is 284 g/mol. The van der Waals surface area contributed by atoms with Crippen LogP contribution in [0.4, 0.5) is 0 Å². The van der Waals surface area contributed by atoms with E-state index in [1.807, 2.05) is 18.2 Å². The average Bonchev–Trinajstić information content (AvgIpc) is 3.16. The number of benzene rings is 1. The molecule has 1 aliphatic heterocycles. The fraction of sp³-hybridized carbons (Fsp3) is 0.500. The summed E-state index contributed by atoms with van der Waals surface area (Å²) in [6, 6.07) is 8.30. The molecule has 1 aliphatic carbocycles. The normalized spacial score (nSPS) is 23.6. The van der Waals surface area contributed by atoms with Gasteiger partial charge in [-0.25, -0.2) is 0 Å². The zero-order valence-electron chi connectivity index (χ0n) is 12.2. The molecule has 0 saturated heterocycles. The minimum atomic E-state index is -0.410. The number of likely N-dealkylation sites (N-methyl/N-ethyl adjacent to an activating group) is 1. The summed E-state index contributed by atoms with van der Waals surface area (Å²) in [7, 11) is 2.07. The Labute approximate surface area is 124 Å². The number of aryl methyl sites for hydroxylation is 1. The van der Waals surface area contributed by atoms with E-state index in [4.69, 9.17) is 0 Å². The van der Waals surface area contributed by atoms with Crippen molar-refractivity contribution in [3.8, 4) is 0 Å². The van der Waals surface area contributed by atoms with Gasteiger partial charge in [-0.1, -0.05) is 24.3 Å². The molecule has 1 aromatic carbocycles. The topological polar surface area (TPSA) is 54.2 Å². The van der Waals surface area contributed by atoms with Crippen molar-refractivity contribution >= 4 is 0 Å². The van der Waals surface area contributed by atoms with Crippen LogP contribution in [0, 0.1) is 0 Å². The second-order valence-corrected chi connectivity index (χ2v) is 6.12. The van der Waals surface area contributed by atoms with Crippen LogP contribution in [0.2, 0.25) is 0 Å². The maximum Gasteiger partial charge on any atom is 0.147 e. The molecule has 110 valence electrons. The van der Waals surface area contributed by atoms with Gasteiger partial charge in [0.2, 0.25) is 0 Å². The summed E-state index contributed by atoms with van der Waals surface area (Å²) in [5.74, 6) is 2.13. The lowest BCUT2D eigenvalue weighted by molar-refractivity contribution is 0.0702. The van der Waals surface area contributed by atoms with E-state index in [0.29, 0.717) is 0 Å². The van der Waals surface area contributed by atoms with Crippen LogP contribution >= 0.6 is 0 Å². The maximum atomic E-state index is 10.5. The Kier molecular flexibility index (Phi) is 3.05. The van der Waals surface area contributed by atoms with Crippen molar-refractivity contribution in [1.82, 2.24) is 19.7 Å². The zero-order valence-corrected chi connectivity index (χ0v) is 12.2. The highest BCUT2D eigenvalue weighted by molar-refractivity contribution is 5.35. The molecule has 0 amide bonds. The summed E-state index contributed by atoms with van der Waals surface area (Å²) in [4.78, 5) is 2.21. The van der Waals surface area contributed by atoms with Crippen LogP contribution < -0.4 is 0 Å². The van der Waals surface area contributed by atoms with Crippen LogP contribution in [0.15, 0.2) is 24.3 Å². The van der Waals surface area contributed by atoms with Gasteiger partial charge in [0.05, 0.1) is 12.6 Å². The molecule has 1 aromatic heterocycles. The van der Waals surface area contributed by atoms with E-state index in [-0.39, 0.29) is 6.04 Å². The Balaban J connectivity index is 1.52. The smallest absolute Gasteiger partial charge is 0.147 e. The molecule has 21 heavy (non-hydrogen) atoms. The maximum absolute atomic E-state index is 10.5. The van der Waals surface area contributed by atoms with E-state index in [1.54, 1.807) is 0 Å². The van der Waals surface area contributed by atoms with Gasteiger partial charge in [-0.3, -0.25) is 4.90 Å². The highest BCUT2D eigenvalue weighted by Crippen LogP contribution is 2.34. The first-order valence-electron chi connectivity index (χ1n) is 7.61. The molecule has 4 rings (SSSR count). The highest BCUT2D eigenvalue weighted by Gasteiger charge is 2.34. The van der Waals surface area contributed by atoms with E-state index in [9.17, 15) is 5.11 Å². The number of aliphatic hydroxyl groups excluding tert-OH is 1. The van der Waals surface area contributed by atoms with Crippen LogP contribution in [-0.2, 0) is 25.9 Å². The van der Waals surface area contributed by atoms with E-state index in [0.717, 1.165) is 43.1 Å². The minimum absolute atomic E-state index is 0.122. The number of aliphatic hydroxyl groups is 1. The van der Waals surface area contributed by atoms with Gasteiger partial charge in [0.1, 0.15) is 11.6 Å². The van der Waals surface area contributed by atoms with Crippen molar-refractivity contribution in [1.29, 1.82) is 0 Å². The van der Waals surface area contributed by atoms with Gasteiger partial charge in [0, 0.05) is 19.0 Å². The van der Waals surface area contributed by atoms with Gasteiger partial charge in [-0.05, 0) is 31.0 Å². The molecule has 5 heteroatoms. The molecule has 0 saturated carbocycles. The number of hydrogen-bond donors (Lipinski definition) is 1. The summed E-state index contributed by atoms with van der Waals surface area (Å²) >= 11 is 0. The molecule has 2 aromatic rings. The Morgan fingerprint density at radius 1 is 1.33 bits per heavy atom. The third-order valence-electron chi connectivity index (χ3n) is 4.81. The summed E-state index contributed by atoms with van der Waals surface area (Å²) in [6.45, 7) is 1.77. The van der Waals surface area contributed by atoms with Crippen molar-refractivity contribution in [3.05, 3.63) is 47.0 Å². The third-order valence-corrected chi connectivity index (χ3v) is 4.81. The second kappa shape index (κ2) is 4.93. The fourth-order valence-corrected chi connectivity index (χ4v) is 3.62. The summed E-state index contributed by atoms with van der Waals surface area (Å²) in [5, 5.41) is 19.1. The van der Waals surface area contributed by atoms with Crippen molar-refractivity contribution in [2.45, 2.75) is 44.5 Å². The van der Waals surface area contributed by atoms with Gasteiger partial charge < -0.3 is 9.67 Å². The molecule has 0 fully saturated rings. The van der Waals surface area contributed by atoms with E-state index in [1.165, 1.54) is 12.0 Å². The van der Waals surface area contributed by atoms with Crippen LogP contribution in [0.1, 0.15) is 35.3 Å². The van der Waals surface area contributed by atoms with Crippen molar-refractivity contribution in [3.63, 3.8) is 0 Å². The first-order valence-corrected chi connectivity index (χ1v) is 7.61. The summed E-state index contributed by atoms with van der Waals surface area (Å²) in [6.07, 6.45) is 2.69. The molecule has 5 nitrogen and oxygen atoms in total. The van der Waals surface area contributed by atoms with Crippen LogP contribution in [0.3, 0.4) is 0 Å². The summed E-state index contributed by atoms with van der Waals surface area (Å²) in [5.41, 5.74) is 2.33. The summed E-state index contributed by atoms with van der Waals surface area (Å²) < 4.78 is 2.23. The first kappa shape index (κ1) is 13.0. The standard InChI is InChI=1S/C16H20N4O/c1-19(10-15-18-17-14-7-4-8-20(14)15)13-9-11-5-2-3-6-12(11)16(13)21/h2-3,5-6,13,16,21H,4,7-10H2,1H3/t13-,16-/m0/s1. The van der Waals surface area contributed by atoms with Crippen LogP contribution in [-0.4, -0.2) is 37.9 Å². The third kappa shape index (κ3) is 2.08. The molecule has 0 spiro atoms. The Hall–Kier alpha value is -1.72. The number of nitrogens with zero attached hydrogens (tertiary/aromatic N) is 4. The minimum Gasteiger partial charge on any atom is -0.387 e. The second-order valence-electron chi connectivity index (χ2n) is 6.12. The van der Waals surface area contributed by atoms with Crippen molar-refractivity contribution in [2.24, 2.45) is 0 Å². The van der Waals surface area contributed by atoms with Gasteiger partial charge in [0.25, 0.3) is 0 Å². The molecule has 1 N–H and O–H groups in total. The predicted molar refractivity (Wildman–Crippen MR) is 78.7 cm³/mol. The number of rotatable bonds is 3. The number of fused-ring (bicyclic) bond motifs is 2. The van der Waals surface area contributed by atoms with E-state index in [2.05, 4.69) is 32.8 Å². The van der Waals surface area contributed by atoms with Gasteiger partial charge >= 0.3 is 0 Å². The van der Waals surface area contributed by atoms with Crippen LogP contribution in [0.5, 0.6) is 0 Å². The van der Waals surface area contributed by atoms with E-state index >= 15 is 0 Å². The SMILES string of the molecule is CN(Cc1nnc2n1CCC2)[C@H]1Cc2ccccc2[C@@H]1O.